The number of halogens is 4. The van der Waals surface area contributed by atoms with Crippen molar-refractivity contribution in [2.24, 2.45) is 0 Å². The van der Waals surface area contributed by atoms with E-state index in [4.69, 9.17) is 0 Å². The van der Waals surface area contributed by atoms with Crippen molar-refractivity contribution in [1.29, 1.82) is 0 Å². The molecule has 3 nitrogen and oxygen atoms in total. The van der Waals surface area contributed by atoms with Crippen molar-refractivity contribution in [3.63, 3.8) is 0 Å². The van der Waals surface area contributed by atoms with Gasteiger partial charge in [0.15, 0.2) is 0 Å². The molecule has 0 spiro atoms. The number of aliphatic hydroxyl groups is 1. The van der Waals surface area contributed by atoms with Crippen LogP contribution < -0.4 is 5.32 Å². The maximum absolute atomic E-state index is 13.4. The van der Waals surface area contributed by atoms with Gasteiger partial charge in [-0.05, 0) is 29.3 Å². The number of amides is 1. The van der Waals surface area contributed by atoms with Gasteiger partial charge in [-0.2, -0.15) is 13.2 Å². The van der Waals surface area contributed by atoms with Gasteiger partial charge in [0.1, 0.15) is 5.82 Å². The maximum Gasteiger partial charge on any atom is 0.416 e. The molecule has 0 radical (unpaired) electrons. The summed E-state index contributed by atoms with van der Waals surface area (Å²) >= 11 is 0. The lowest BCUT2D eigenvalue weighted by molar-refractivity contribution is -0.137. The molecule has 0 aliphatic carbocycles. The largest absolute Gasteiger partial charge is 0.416 e. The van der Waals surface area contributed by atoms with Gasteiger partial charge in [0, 0.05) is 6.54 Å². The molecule has 0 saturated carbocycles. The smallest absolute Gasteiger partial charge is 0.387 e. The zero-order chi connectivity index (χ0) is 17.7. The molecule has 1 atom stereocenters. The number of rotatable bonds is 5. The summed E-state index contributed by atoms with van der Waals surface area (Å²) in [6.45, 7) is -0.269. The zero-order valence-electron chi connectivity index (χ0n) is 12.5. The predicted molar refractivity (Wildman–Crippen MR) is 79.5 cm³/mol. The summed E-state index contributed by atoms with van der Waals surface area (Å²) in [6, 6.07) is 10.0. The summed E-state index contributed by atoms with van der Waals surface area (Å²) in [7, 11) is 0. The van der Waals surface area contributed by atoms with Gasteiger partial charge < -0.3 is 10.4 Å². The fraction of sp³-hybridized carbons (Fsp3) is 0.235. The van der Waals surface area contributed by atoms with Gasteiger partial charge >= 0.3 is 6.18 Å². The van der Waals surface area contributed by atoms with E-state index in [0.717, 1.165) is 12.1 Å². The van der Waals surface area contributed by atoms with Crippen LogP contribution in [0.5, 0.6) is 0 Å². The lowest BCUT2D eigenvalue weighted by Crippen LogP contribution is -2.30. The third kappa shape index (κ3) is 4.79. The molecule has 24 heavy (non-hydrogen) atoms. The first-order chi connectivity index (χ1) is 11.3. The minimum atomic E-state index is -4.51. The Morgan fingerprint density at radius 1 is 1.12 bits per heavy atom. The minimum Gasteiger partial charge on any atom is -0.387 e. The fourth-order valence-electron chi connectivity index (χ4n) is 2.13. The third-order valence-corrected chi connectivity index (χ3v) is 3.40. The van der Waals surface area contributed by atoms with Gasteiger partial charge in [-0.3, -0.25) is 4.79 Å². The molecule has 2 aromatic carbocycles. The third-order valence-electron chi connectivity index (χ3n) is 3.40. The molecular formula is C17H15F4NO2. The Kier molecular flexibility index (Phi) is 5.56. The number of aliphatic hydroxyl groups excluding tert-OH is 1. The second-order valence-electron chi connectivity index (χ2n) is 5.21. The first-order valence-corrected chi connectivity index (χ1v) is 7.12. The first-order valence-electron chi connectivity index (χ1n) is 7.12. The van der Waals surface area contributed by atoms with E-state index >= 15 is 0 Å². The predicted octanol–water partition coefficient (Wildman–Crippen LogP) is 3.24. The summed E-state index contributed by atoms with van der Waals surface area (Å²) in [4.78, 5) is 11.8. The van der Waals surface area contributed by atoms with Crippen LogP contribution in [0.15, 0.2) is 48.5 Å². The van der Waals surface area contributed by atoms with Crippen molar-refractivity contribution in [3.05, 3.63) is 71.0 Å². The monoisotopic (exact) mass is 341 g/mol. The van der Waals surface area contributed by atoms with E-state index in [1.807, 2.05) is 0 Å². The van der Waals surface area contributed by atoms with Gasteiger partial charge in [0.05, 0.1) is 18.1 Å². The van der Waals surface area contributed by atoms with Crippen LogP contribution in [-0.2, 0) is 17.4 Å². The van der Waals surface area contributed by atoms with Crippen molar-refractivity contribution < 1.29 is 27.5 Å². The van der Waals surface area contributed by atoms with Gasteiger partial charge in [-0.25, -0.2) is 4.39 Å². The maximum atomic E-state index is 13.4. The standard InChI is InChI=1S/C17H15F4NO2/c18-14-7-2-1-4-11(14)9-16(24)22-10-15(23)12-5-3-6-13(8-12)17(19,20)21/h1-8,15,23H,9-10H2,(H,22,24)/t15-/m0/s1. The van der Waals surface area contributed by atoms with E-state index in [2.05, 4.69) is 5.32 Å². The van der Waals surface area contributed by atoms with Gasteiger partial charge in [0.2, 0.25) is 5.91 Å². The molecule has 0 saturated heterocycles. The van der Waals surface area contributed by atoms with Crippen LogP contribution in [0.3, 0.4) is 0 Å². The average molecular weight is 341 g/mol. The Hall–Kier alpha value is -2.41. The Morgan fingerprint density at radius 2 is 1.83 bits per heavy atom. The molecule has 0 bridgehead atoms. The molecule has 1 amide bonds. The molecule has 0 fully saturated rings. The van der Waals surface area contributed by atoms with Gasteiger partial charge in [0.25, 0.3) is 0 Å². The van der Waals surface area contributed by atoms with Crippen LogP contribution in [0.1, 0.15) is 22.8 Å². The van der Waals surface area contributed by atoms with Crippen LogP contribution in [-0.4, -0.2) is 17.6 Å². The van der Waals surface area contributed by atoms with Crippen LogP contribution in [0, 0.1) is 5.82 Å². The zero-order valence-corrected chi connectivity index (χ0v) is 12.5. The topological polar surface area (TPSA) is 49.3 Å². The fourth-order valence-corrected chi connectivity index (χ4v) is 2.13. The number of alkyl halides is 3. The molecule has 0 heterocycles. The highest BCUT2D eigenvalue weighted by molar-refractivity contribution is 5.78. The van der Waals surface area contributed by atoms with Crippen molar-refractivity contribution in [1.82, 2.24) is 5.32 Å². The van der Waals surface area contributed by atoms with Crippen molar-refractivity contribution in [2.45, 2.75) is 18.7 Å². The average Bonchev–Trinajstić information content (AvgIpc) is 2.54. The summed E-state index contributed by atoms with van der Waals surface area (Å²) < 4.78 is 51.3. The van der Waals surface area contributed by atoms with E-state index in [-0.39, 0.29) is 24.1 Å². The number of nitrogens with one attached hydrogen (secondary N) is 1. The van der Waals surface area contributed by atoms with Gasteiger partial charge in [-0.15, -0.1) is 0 Å². The highest BCUT2D eigenvalue weighted by atomic mass is 19.4. The lowest BCUT2D eigenvalue weighted by atomic mass is 10.1. The van der Waals surface area contributed by atoms with Crippen LogP contribution in [0.2, 0.25) is 0 Å². The van der Waals surface area contributed by atoms with Crippen LogP contribution in [0.25, 0.3) is 0 Å². The van der Waals surface area contributed by atoms with Crippen molar-refractivity contribution in [2.75, 3.05) is 6.54 Å². The van der Waals surface area contributed by atoms with E-state index in [1.54, 1.807) is 6.07 Å². The highest BCUT2D eigenvalue weighted by Crippen LogP contribution is 2.30. The summed E-state index contributed by atoms with van der Waals surface area (Å²) in [5, 5.41) is 12.3. The molecule has 2 aromatic rings. The van der Waals surface area contributed by atoms with Gasteiger partial charge in [-0.1, -0.05) is 30.3 Å². The molecule has 128 valence electrons. The summed E-state index contributed by atoms with van der Waals surface area (Å²) in [6.07, 6.45) is -6.02. The van der Waals surface area contributed by atoms with E-state index in [1.165, 1.54) is 30.3 Å². The van der Waals surface area contributed by atoms with Crippen LogP contribution >= 0.6 is 0 Å². The normalized spacial score (nSPS) is 12.7. The number of carbonyl (C=O) groups is 1. The molecule has 0 unspecified atom stereocenters. The molecular weight excluding hydrogens is 326 g/mol. The minimum absolute atomic E-state index is 0.0380. The molecule has 0 aromatic heterocycles. The molecule has 7 heteroatoms. The molecule has 2 rings (SSSR count). The number of benzene rings is 2. The van der Waals surface area contributed by atoms with E-state index in [0.29, 0.717) is 0 Å². The number of hydrogen-bond acceptors (Lipinski definition) is 2. The highest BCUT2D eigenvalue weighted by Gasteiger charge is 2.30. The SMILES string of the molecule is O=C(Cc1ccccc1F)NC[C@H](O)c1cccc(C(F)(F)F)c1. The van der Waals surface area contributed by atoms with E-state index in [9.17, 15) is 27.5 Å². The Balaban J connectivity index is 1.94. The van der Waals surface area contributed by atoms with Crippen LogP contribution in [0.4, 0.5) is 17.6 Å². The Labute approximate surface area is 135 Å². The number of hydrogen-bond donors (Lipinski definition) is 2. The summed E-state index contributed by atoms with van der Waals surface area (Å²) in [5.41, 5.74) is -0.642. The van der Waals surface area contributed by atoms with Crippen molar-refractivity contribution in [3.8, 4) is 0 Å². The molecule has 0 aliphatic heterocycles. The second-order valence-corrected chi connectivity index (χ2v) is 5.21. The lowest BCUT2D eigenvalue weighted by Gasteiger charge is -2.14. The Morgan fingerprint density at radius 3 is 2.50 bits per heavy atom. The van der Waals surface area contributed by atoms with E-state index < -0.39 is 29.6 Å². The number of carbonyl (C=O) groups excluding carboxylic acids is 1. The first kappa shape index (κ1) is 17.9. The molecule has 0 aliphatic rings. The van der Waals surface area contributed by atoms with Crippen molar-refractivity contribution >= 4 is 5.91 Å². The second kappa shape index (κ2) is 7.44. The molecule has 2 N–H and O–H groups in total. The Bertz CT molecular complexity index is 716. The quantitative estimate of drug-likeness (QED) is 0.821. The summed E-state index contributed by atoms with van der Waals surface area (Å²) in [5.74, 6) is -1.06.